The molecule has 4 nitrogen and oxygen atoms in total. The summed E-state index contributed by atoms with van der Waals surface area (Å²) in [5.74, 6) is 0.925. The lowest BCUT2D eigenvalue weighted by molar-refractivity contribution is -0.384. The van der Waals surface area contributed by atoms with Crippen LogP contribution >= 0.6 is 0 Å². The van der Waals surface area contributed by atoms with Gasteiger partial charge in [-0.25, -0.2) is 0 Å². The molecule has 4 heteroatoms. The van der Waals surface area contributed by atoms with E-state index in [0.29, 0.717) is 6.61 Å². The number of benzene rings is 1. The molecule has 0 amide bonds. The number of hydrogen-bond acceptors (Lipinski definition) is 3. The summed E-state index contributed by atoms with van der Waals surface area (Å²) in [4.78, 5) is 9.90. The van der Waals surface area contributed by atoms with Crippen molar-refractivity contribution in [2.45, 2.75) is 0 Å². The summed E-state index contributed by atoms with van der Waals surface area (Å²) in [5, 5.41) is 10.3. The summed E-state index contributed by atoms with van der Waals surface area (Å²) in [6.45, 7) is 0.678. The molecule has 1 aromatic rings. The van der Waals surface area contributed by atoms with E-state index in [4.69, 9.17) is 4.74 Å². The lowest BCUT2D eigenvalue weighted by Gasteiger charge is -1.91. The van der Waals surface area contributed by atoms with Crippen LogP contribution in [0.2, 0.25) is 0 Å². The third-order valence-corrected chi connectivity index (χ3v) is 1.74. The van der Waals surface area contributed by atoms with Crippen molar-refractivity contribution >= 4 is 11.8 Å². The van der Waals surface area contributed by atoms with Crippen LogP contribution in [0.15, 0.2) is 30.0 Å². The topological polar surface area (TPSA) is 55.7 Å². The minimum atomic E-state index is -0.412. The quantitative estimate of drug-likeness (QED) is 0.394. The van der Waals surface area contributed by atoms with E-state index in [1.807, 2.05) is 6.08 Å². The third kappa shape index (κ3) is 1.84. The number of ether oxygens (including phenoxy) is 1. The molecule has 0 unspecified atom stereocenters. The van der Waals surface area contributed by atoms with E-state index < -0.39 is 4.92 Å². The van der Waals surface area contributed by atoms with Gasteiger partial charge in [-0.3, -0.25) is 10.1 Å². The summed E-state index contributed by atoms with van der Waals surface area (Å²) in [5.41, 5.74) is 1.04. The molecule has 1 heterocycles. The third-order valence-electron chi connectivity index (χ3n) is 1.74. The lowest BCUT2D eigenvalue weighted by atomic mass is 10.2. The highest BCUT2D eigenvalue weighted by Crippen LogP contribution is 2.20. The predicted molar refractivity (Wildman–Crippen MR) is 47.0 cm³/mol. The van der Waals surface area contributed by atoms with Gasteiger partial charge in [0.25, 0.3) is 5.69 Å². The number of nitro groups is 1. The van der Waals surface area contributed by atoms with Crippen LogP contribution < -0.4 is 0 Å². The van der Waals surface area contributed by atoms with Crippen molar-refractivity contribution in [1.82, 2.24) is 0 Å². The van der Waals surface area contributed by atoms with Crippen LogP contribution in [-0.4, -0.2) is 11.5 Å². The van der Waals surface area contributed by atoms with Crippen molar-refractivity contribution in [1.29, 1.82) is 0 Å². The van der Waals surface area contributed by atoms with Gasteiger partial charge in [-0.2, -0.15) is 0 Å². The Bertz CT molecular complexity index is 361. The monoisotopic (exact) mass is 177 g/mol. The Balaban J connectivity index is 2.22. The maximum Gasteiger partial charge on any atom is 0.269 e. The second-order valence-electron chi connectivity index (χ2n) is 2.75. The molecule has 0 aromatic heterocycles. The van der Waals surface area contributed by atoms with Crippen LogP contribution in [-0.2, 0) is 4.74 Å². The average Bonchev–Trinajstić information content (AvgIpc) is 2.89. The maximum atomic E-state index is 10.3. The Kier molecular flexibility index (Phi) is 1.73. The van der Waals surface area contributed by atoms with Gasteiger partial charge >= 0.3 is 0 Å². The number of hydrogen-bond donors (Lipinski definition) is 0. The van der Waals surface area contributed by atoms with Crippen molar-refractivity contribution in [2.75, 3.05) is 6.61 Å². The van der Waals surface area contributed by atoms with E-state index in [1.54, 1.807) is 12.1 Å². The van der Waals surface area contributed by atoms with E-state index in [-0.39, 0.29) is 5.69 Å². The highest BCUT2D eigenvalue weighted by molar-refractivity contribution is 5.55. The van der Waals surface area contributed by atoms with Crippen LogP contribution in [0.5, 0.6) is 0 Å². The molecule has 0 N–H and O–H groups in total. The molecule has 13 heavy (non-hydrogen) atoms. The van der Waals surface area contributed by atoms with E-state index in [9.17, 15) is 10.1 Å². The molecule has 1 aliphatic heterocycles. The first-order valence-electron chi connectivity index (χ1n) is 3.83. The van der Waals surface area contributed by atoms with Gasteiger partial charge in [-0.05, 0) is 23.8 Å². The summed E-state index contributed by atoms with van der Waals surface area (Å²) in [7, 11) is 0. The first-order chi connectivity index (χ1) is 6.25. The minimum absolute atomic E-state index is 0.110. The summed E-state index contributed by atoms with van der Waals surface area (Å²) >= 11 is 0. The van der Waals surface area contributed by atoms with Crippen molar-refractivity contribution in [3.63, 3.8) is 0 Å². The molecule has 0 atom stereocenters. The highest BCUT2D eigenvalue weighted by Gasteiger charge is 2.12. The van der Waals surface area contributed by atoms with E-state index in [1.165, 1.54) is 12.1 Å². The zero-order valence-corrected chi connectivity index (χ0v) is 6.77. The number of nitro benzene ring substituents is 1. The molecule has 1 aromatic carbocycles. The molecule has 0 spiro atoms. The van der Waals surface area contributed by atoms with Crippen molar-refractivity contribution in [3.05, 3.63) is 45.7 Å². The fourth-order valence-electron chi connectivity index (χ4n) is 1.00. The van der Waals surface area contributed by atoms with Gasteiger partial charge in [0.2, 0.25) is 0 Å². The van der Waals surface area contributed by atoms with Gasteiger partial charge in [-0.15, -0.1) is 0 Å². The molecule has 66 valence electrons. The molecule has 0 aliphatic carbocycles. The SMILES string of the molecule is O=[N+]([O-])c1ccc(C=C2CO2)cc1. The Labute approximate surface area is 74.6 Å². The van der Waals surface area contributed by atoms with Gasteiger partial charge in [0.05, 0.1) is 4.92 Å². The van der Waals surface area contributed by atoms with Crippen LogP contribution in [0.25, 0.3) is 6.08 Å². The maximum absolute atomic E-state index is 10.3. The Morgan fingerprint density at radius 3 is 2.46 bits per heavy atom. The standard InChI is InChI=1S/C9H7NO3/c11-10(12)8-3-1-7(2-4-8)5-9-6-13-9/h1-5H,6H2. The second-order valence-corrected chi connectivity index (χ2v) is 2.75. The Morgan fingerprint density at radius 2 is 2.00 bits per heavy atom. The number of rotatable bonds is 2. The van der Waals surface area contributed by atoms with Gasteiger partial charge < -0.3 is 4.74 Å². The predicted octanol–water partition coefficient (Wildman–Crippen LogP) is 1.97. The van der Waals surface area contributed by atoms with Crippen molar-refractivity contribution in [3.8, 4) is 0 Å². The van der Waals surface area contributed by atoms with Crippen LogP contribution in [0.4, 0.5) is 5.69 Å². The van der Waals surface area contributed by atoms with Crippen LogP contribution in [0, 0.1) is 10.1 Å². The molecule has 0 bridgehead atoms. The van der Waals surface area contributed by atoms with E-state index in [0.717, 1.165) is 11.3 Å². The average molecular weight is 177 g/mol. The van der Waals surface area contributed by atoms with Gasteiger partial charge in [-0.1, -0.05) is 0 Å². The molecule has 0 saturated carbocycles. The number of nitrogens with zero attached hydrogens (tertiary/aromatic N) is 1. The largest absolute Gasteiger partial charge is 0.486 e. The lowest BCUT2D eigenvalue weighted by Crippen LogP contribution is -1.86. The Morgan fingerprint density at radius 1 is 1.38 bits per heavy atom. The molecule has 1 fully saturated rings. The molecule has 0 radical (unpaired) electrons. The fraction of sp³-hybridized carbons (Fsp3) is 0.111. The molecule has 2 rings (SSSR count). The smallest absolute Gasteiger partial charge is 0.269 e. The molecular formula is C9H7NO3. The second kappa shape index (κ2) is 2.90. The summed E-state index contributed by atoms with van der Waals surface area (Å²) < 4.78 is 4.92. The highest BCUT2D eigenvalue weighted by atomic mass is 16.6. The van der Waals surface area contributed by atoms with Crippen LogP contribution in [0.1, 0.15) is 5.56 Å². The summed E-state index contributed by atoms with van der Waals surface area (Å²) in [6, 6.07) is 6.36. The van der Waals surface area contributed by atoms with Crippen molar-refractivity contribution < 1.29 is 9.66 Å². The normalized spacial score (nSPS) is 16.8. The Hall–Kier alpha value is -1.84. The first-order valence-corrected chi connectivity index (χ1v) is 3.83. The summed E-state index contributed by atoms with van der Waals surface area (Å²) in [6.07, 6.45) is 1.86. The van der Waals surface area contributed by atoms with E-state index >= 15 is 0 Å². The van der Waals surface area contributed by atoms with Gasteiger partial charge in [0.1, 0.15) is 12.4 Å². The zero-order chi connectivity index (χ0) is 9.26. The van der Waals surface area contributed by atoms with Crippen LogP contribution in [0.3, 0.4) is 0 Å². The molecule has 1 aliphatic rings. The van der Waals surface area contributed by atoms with Gasteiger partial charge in [0.15, 0.2) is 0 Å². The molecule has 1 saturated heterocycles. The van der Waals surface area contributed by atoms with Crippen molar-refractivity contribution in [2.24, 2.45) is 0 Å². The van der Waals surface area contributed by atoms with E-state index in [2.05, 4.69) is 0 Å². The number of non-ortho nitro benzene ring substituents is 1. The first kappa shape index (κ1) is 7.79. The van der Waals surface area contributed by atoms with Gasteiger partial charge in [0, 0.05) is 12.1 Å². The minimum Gasteiger partial charge on any atom is -0.486 e. The zero-order valence-electron chi connectivity index (χ0n) is 6.77. The number of epoxide rings is 1. The fourth-order valence-corrected chi connectivity index (χ4v) is 1.00. The molecular weight excluding hydrogens is 170 g/mol.